The van der Waals surface area contributed by atoms with Crippen molar-refractivity contribution in [3.8, 4) is 5.75 Å². The van der Waals surface area contributed by atoms with E-state index in [4.69, 9.17) is 4.74 Å². The molecule has 1 spiro atoms. The summed E-state index contributed by atoms with van der Waals surface area (Å²) < 4.78 is 6.57. The van der Waals surface area contributed by atoms with Crippen LogP contribution in [0, 0.1) is 0 Å². The van der Waals surface area contributed by atoms with Crippen LogP contribution in [-0.2, 0) is 11.3 Å². The normalized spacial score (nSPS) is 23.8. The Morgan fingerprint density at radius 3 is 2.86 bits per heavy atom. The summed E-state index contributed by atoms with van der Waals surface area (Å²) in [5.74, 6) is 1.40. The zero-order valence-electron chi connectivity index (χ0n) is 16.2. The van der Waals surface area contributed by atoms with Crippen LogP contribution in [0.3, 0.4) is 0 Å². The lowest BCUT2D eigenvalue weighted by Crippen LogP contribution is -2.50. The first-order chi connectivity index (χ1) is 13.7. The second kappa shape index (κ2) is 7.24. The highest BCUT2D eigenvalue weighted by Crippen LogP contribution is 2.46. The lowest BCUT2D eigenvalue weighted by Gasteiger charge is -2.47. The van der Waals surface area contributed by atoms with Crippen LogP contribution >= 0.6 is 0 Å². The number of likely N-dealkylation sites (tertiary alicyclic amines) is 1. The van der Waals surface area contributed by atoms with Crippen LogP contribution in [0.25, 0.3) is 0 Å². The fourth-order valence-electron chi connectivity index (χ4n) is 4.71. The third-order valence-corrected chi connectivity index (χ3v) is 6.41. The smallest absolute Gasteiger partial charge is 0.220 e. The van der Waals surface area contributed by atoms with E-state index in [9.17, 15) is 4.79 Å². The highest BCUT2D eigenvalue weighted by Gasteiger charge is 2.43. The molecule has 1 saturated heterocycles. The molecular formula is C22H28N4O2. The number of hydrogen-bond acceptors (Lipinski definition) is 4. The molecule has 6 heteroatoms. The second-order valence-electron chi connectivity index (χ2n) is 8.65. The van der Waals surface area contributed by atoms with Crippen LogP contribution in [0.5, 0.6) is 5.75 Å². The Morgan fingerprint density at radius 2 is 2.11 bits per heavy atom. The van der Waals surface area contributed by atoms with Crippen molar-refractivity contribution < 1.29 is 9.53 Å². The van der Waals surface area contributed by atoms with Crippen molar-refractivity contribution >= 4 is 5.91 Å². The molecule has 1 aromatic carbocycles. The van der Waals surface area contributed by atoms with E-state index in [2.05, 4.69) is 38.6 Å². The quantitative estimate of drug-likeness (QED) is 0.837. The van der Waals surface area contributed by atoms with Gasteiger partial charge < -0.3 is 10.1 Å². The van der Waals surface area contributed by atoms with Crippen LogP contribution in [0.1, 0.15) is 55.6 Å². The molecular weight excluding hydrogens is 352 g/mol. The Balaban J connectivity index is 1.28. The monoisotopic (exact) mass is 380 g/mol. The van der Waals surface area contributed by atoms with Crippen LogP contribution < -0.4 is 10.1 Å². The largest absolute Gasteiger partial charge is 0.487 e. The third-order valence-electron chi connectivity index (χ3n) is 6.41. The van der Waals surface area contributed by atoms with E-state index in [1.807, 2.05) is 18.5 Å². The van der Waals surface area contributed by atoms with Crippen molar-refractivity contribution in [1.29, 1.82) is 0 Å². The van der Waals surface area contributed by atoms with E-state index in [0.717, 1.165) is 57.5 Å². The summed E-state index contributed by atoms with van der Waals surface area (Å²) >= 11 is 0. The van der Waals surface area contributed by atoms with E-state index in [1.54, 1.807) is 0 Å². The molecule has 148 valence electrons. The maximum absolute atomic E-state index is 12.5. The average Bonchev–Trinajstić information content (AvgIpc) is 3.35. The Bertz CT molecular complexity index is 823. The van der Waals surface area contributed by atoms with Gasteiger partial charge in [-0.3, -0.25) is 14.8 Å². The van der Waals surface area contributed by atoms with Crippen molar-refractivity contribution in [1.82, 2.24) is 20.4 Å². The molecule has 1 unspecified atom stereocenters. The van der Waals surface area contributed by atoms with Crippen LogP contribution in [0.4, 0.5) is 0 Å². The van der Waals surface area contributed by atoms with Crippen molar-refractivity contribution in [2.24, 2.45) is 0 Å². The van der Waals surface area contributed by atoms with E-state index < -0.39 is 0 Å². The zero-order chi connectivity index (χ0) is 19.0. The number of rotatable bonds is 5. The molecule has 3 aliphatic rings. The first kappa shape index (κ1) is 17.7. The molecule has 28 heavy (non-hydrogen) atoms. The number of amides is 1. The Labute approximate surface area is 165 Å². The molecule has 0 radical (unpaired) electrons. The number of carbonyl (C=O) groups excluding carboxylic acids is 1. The maximum atomic E-state index is 12.5. The number of aromatic amines is 1. The molecule has 3 heterocycles. The van der Waals surface area contributed by atoms with Gasteiger partial charge in [-0.05, 0) is 43.7 Å². The van der Waals surface area contributed by atoms with Crippen molar-refractivity contribution in [3.05, 3.63) is 47.8 Å². The fraction of sp³-hybridized carbons (Fsp3) is 0.545. The summed E-state index contributed by atoms with van der Waals surface area (Å²) in [5, 5.41) is 10.1. The summed E-state index contributed by atoms with van der Waals surface area (Å²) in [6, 6.07) is 8.71. The van der Waals surface area contributed by atoms with Gasteiger partial charge in [-0.2, -0.15) is 5.10 Å². The Hall–Kier alpha value is -2.34. The number of carbonyl (C=O) groups is 1. The minimum Gasteiger partial charge on any atom is -0.487 e. The Morgan fingerprint density at radius 1 is 1.29 bits per heavy atom. The number of aromatic nitrogens is 2. The summed E-state index contributed by atoms with van der Waals surface area (Å²) in [5.41, 5.74) is 2.27. The number of para-hydroxylation sites is 1. The van der Waals surface area contributed by atoms with Gasteiger partial charge in [-0.15, -0.1) is 0 Å². The molecule has 6 nitrogen and oxygen atoms in total. The zero-order valence-corrected chi connectivity index (χ0v) is 16.2. The standard InChI is InChI=1S/C22H28N4O2/c27-21(25-18-5-6-18)11-17-12-22(28-20-4-2-1-3-19(17)20)7-9-26(10-8-22)15-16-13-23-24-14-16/h1-4,13-14,17-18H,5-12,15H2,(H,23,24)(H,25,27). The van der Waals surface area contributed by atoms with Gasteiger partial charge in [0.2, 0.25) is 5.91 Å². The van der Waals surface area contributed by atoms with E-state index in [0.29, 0.717) is 12.5 Å². The highest BCUT2D eigenvalue weighted by atomic mass is 16.5. The van der Waals surface area contributed by atoms with Gasteiger partial charge in [0.05, 0.1) is 6.20 Å². The van der Waals surface area contributed by atoms with Gasteiger partial charge in [0.1, 0.15) is 11.4 Å². The third kappa shape index (κ3) is 3.78. The van der Waals surface area contributed by atoms with Gasteiger partial charge in [0.25, 0.3) is 0 Å². The lowest BCUT2D eigenvalue weighted by atomic mass is 9.76. The van der Waals surface area contributed by atoms with Crippen molar-refractivity contribution in [2.75, 3.05) is 13.1 Å². The van der Waals surface area contributed by atoms with E-state index in [-0.39, 0.29) is 17.4 Å². The summed E-state index contributed by atoms with van der Waals surface area (Å²) in [7, 11) is 0. The number of ether oxygens (including phenoxy) is 1. The number of nitrogens with zero attached hydrogens (tertiary/aromatic N) is 2. The first-order valence-electron chi connectivity index (χ1n) is 10.5. The molecule has 2 N–H and O–H groups in total. The molecule has 1 aromatic heterocycles. The van der Waals surface area contributed by atoms with Gasteiger partial charge in [0.15, 0.2) is 0 Å². The molecule has 2 fully saturated rings. The van der Waals surface area contributed by atoms with Crippen LogP contribution in [-0.4, -0.2) is 45.7 Å². The van der Waals surface area contributed by atoms with Gasteiger partial charge in [-0.25, -0.2) is 0 Å². The number of piperidine rings is 1. The number of benzene rings is 1. The number of fused-ring (bicyclic) bond motifs is 1. The number of H-pyrrole nitrogens is 1. The molecule has 1 aliphatic carbocycles. The van der Waals surface area contributed by atoms with Crippen molar-refractivity contribution in [3.63, 3.8) is 0 Å². The first-order valence-corrected chi connectivity index (χ1v) is 10.5. The number of hydrogen-bond donors (Lipinski definition) is 2. The minimum absolute atomic E-state index is 0.147. The minimum atomic E-state index is -0.147. The number of nitrogens with one attached hydrogen (secondary N) is 2. The Kier molecular flexibility index (Phi) is 4.59. The molecule has 2 aliphatic heterocycles. The summed E-state index contributed by atoms with van der Waals surface area (Å²) in [6.45, 7) is 2.94. The maximum Gasteiger partial charge on any atom is 0.220 e. The summed E-state index contributed by atoms with van der Waals surface area (Å²) in [6.07, 6.45) is 9.62. The molecule has 1 saturated carbocycles. The average molecular weight is 380 g/mol. The predicted molar refractivity (Wildman–Crippen MR) is 106 cm³/mol. The van der Waals surface area contributed by atoms with E-state index in [1.165, 1.54) is 11.1 Å². The highest BCUT2D eigenvalue weighted by molar-refractivity contribution is 5.77. The van der Waals surface area contributed by atoms with Gasteiger partial charge >= 0.3 is 0 Å². The van der Waals surface area contributed by atoms with Crippen molar-refractivity contribution in [2.45, 2.75) is 62.6 Å². The summed E-state index contributed by atoms with van der Waals surface area (Å²) in [4.78, 5) is 15.0. The SMILES string of the molecule is O=C(CC1CC2(CCN(Cc3cn[nH]c3)CC2)Oc2ccccc21)NC1CC1. The second-order valence-corrected chi connectivity index (χ2v) is 8.65. The molecule has 0 bridgehead atoms. The van der Waals surface area contributed by atoms with Gasteiger partial charge in [0, 0.05) is 49.8 Å². The topological polar surface area (TPSA) is 70.2 Å². The predicted octanol–water partition coefficient (Wildman–Crippen LogP) is 2.98. The lowest BCUT2D eigenvalue weighted by molar-refractivity contribution is -0.122. The molecule has 1 amide bonds. The molecule has 2 aromatic rings. The van der Waals surface area contributed by atoms with Gasteiger partial charge in [-0.1, -0.05) is 18.2 Å². The van der Waals surface area contributed by atoms with Crippen LogP contribution in [0.15, 0.2) is 36.7 Å². The molecule has 5 rings (SSSR count). The fourth-order valence-corrected chi connectivity index (χ4v) is 4.71. The van der Waals surface area contributed by atoms with E-state index >= 15 is 0 Å². The van der Waals surface area contributed by atoms with Crippen LogP contribution in [0.2, 0.25) is 0 Å². The molecule has 1 atom stereocenters.